The maximum atomic E-state index is 8.50. The van der Waals surface area contributed by atoms with Gasteiger partial charge in [0.1, 0.15) is 0 Å². The Labute approximate surface area is 286 Å². The summed E-state index contributed by atoms with van der Waals surface area (Å²) in [5.41, 5.74) is 6.48. The first-order valence-corrected chi connectivity index (χ1v) is 14.5. The van der Waals surface area contributed by atoms with E-state index in [9.17, 15) is 0 Å². The zero-order chi connectivity index (χ0) is 34.8. The average molecular weight is 771 g/mol. The van der Waals surface area contributed by atoms with Crippen molar-refractivity contribution in [3.8, 4) is 22.5 Å². The van der Waals surface area contributed by atoms with E-state index in [1.54, 1.807) is 24.5 Å². The van der Waals surface area contributed by atoms with E-state index < -0.39 is 18.6 Å². The van der Waals surface area contributed by atoms with Crippen molar-refractivity contribution in [3.63, 3.8) is 0 Å². The van der Waals surface area contributed by atoms with Gasteiger partial charge in [-0.3, -0.25) is 0 Å². The zero-order valence-electron chi connectivity index (χ0n) is 30.3. The summed E-state index contributed by atoms with van der Waals surface area (Å²) in [7, 11) is 0. The molecule has 0 amide bonds. The van der Waals surface area contributed by atoms with Crippen LogP contribution in [-0.2, 0) is 32.9 Å². The van der Waals surface area contributed by atoms with Crippen LogP contribution in [0.3, 0.4) is 0 Å². The molecular weight excluding hydrogens is 731 g/mol. The minimum absolute atomic E-state index is 0. The topological polar surface area (TPSA) is 51.8 Å². The van der Waals surface area contributed by atoms with E-state index in [-0.39, 0.29) is 31.5 Å². The van der Waals surface area contributed by atoms with E-state index in [1.165, 1.54) is 6.07 Å². The van der Waals surface area contributed by atoms with Crippen LogP contribution < -0.4 is 0 Å². The molecule has 0 spiro atoms. The molecular formula is C40H35IrN3O-2. The molecule has 0 unspecified atom stereocenters. The normalized spacial score (nSPS) is 13.4. The number of benzene rings is 3. The maximum Gasteiger partial charge on any atom is 0.216 e. The predicted molar refractivity (Wildman–Crippen MR) is 179 cm³/mol. The smallest absolute Gasteiger partial charge is 0.216 e. The van der Waals surface area contributed by atoms with E-state index in [0.29, 0.717) is 28.8 Å². The summed E-state index contributed by atoms with van der Waals surface area (Å²) in [6.45, 7) is 3.40. The molecule has 1 radical (unpaired) electrons. The summed E-state index contributed by atoms with van der Waals surface area (Å²) in [4.78, 5) is 13.0. The fourth-order valence-corrected chi connectivity index (χ4v) is 4.98. The van der Waals surface area contributed by atoms with E-state index in [2.05, 4.69) is 27.1 Å². The minimum atomic E-state index is -2.31. The first kappa shape index (κ1) is 25.8. The Hall–Kier alpha value is -4.44. The Bertz CT molecular complexity index is 2160. The van der Waals surface area contributed by atoms with Crippen LogP contribution in [0.15, 0.2) is 120 Å². The van der Waals surface area contributed by atoms with Crippen molar-refractivity contribution in [2.45, 2.75) is 40.4 Å². The van der Waals surface area contributed by atoms with Gasteiger partial charge in [-0.1, -0.05) is 74.2 Å². The SMILES string of the molecule is [2H]C([2H])([2H])c1ccc2c(n1)oc1c(-c3cc(Cc4ccc(C([2H])([2H])C(C)(C)C)cc4)ccn3)[c-]ccc12.[Ir].[c-]1ccccc1-c1ccccn1. The second-order valence-electron chi connectivity index (χ2n) is 11.5. The Morgan fingerprint density at radius 2 is 1.56 bits per heavy atom. The minimum Gasteiger partial charge on any atom is -0.486 e. The fourth-order valence-electron chi connectivity index (χ4n) is 4.98. The molecule has 0 fully saturated rings. The maximum absolute atomic E-state index is 8.50. The second kappa shape index (κ2) is 14.1. The number of fused-ring (bicyclic) bond motifs is 3. The zero-order valence-corrected chi connectivity index (χ0v) is 27.7. The molecule has 4 heterocycles. The summed E-state index contributed by atoms with van der Waals surface area (Å²) < 4.78 is 45.9. The summed E-state index contributed by atoms with van der Waals surface area (Å²) in [6.07, 6.45) is 2.76. The van der Waals surface area contributed by atoms with Crippen molar-refractivity contribution in [2.24, 2.45) is 5.41 Å². The van der Waals surface area contributed by atoms with Crippen molar-refractivity contribution in [2.75, 3.05) is 0 Å². The molecule has 0 aliphatic rings. The first-order chi connectivity index (χ1) is 23.3. The summed E-state index contributed by atoms with van der Waals surface area (Å²) in [6, 6.07) is 38.6. The van der Waals surface area contributed by atoms with Crippen molar-refractivity contribution in [1.29, 1.82) is 0 Å². The molecule has 7 aromatic rings. The standard InChI is InChI=1S/C29H27N2O.C11H8N.Ir/c1-19-8-13-24-23-6-5-7-25(27(23)32-28(24)31-19)26-17-22(14-15-30-26)16-20-9-11-21(12-10-20)18-29(2,3)4;1-2-6-10(7-3-1)11-8-4-5-9-12-11;/h5-6,8-15,17H,16,18H2,1-4H3;1-6,8-9H;/q2*-1;/i1D3,18D2;;. The third-order valence-electron chi connectivity index (χ3n) is 6.91. The predicted octanol–water partition coefficient (Wildman–Crippen LogP) is 9.88. The molecule has 4 nitrogen and oxygen atoms in total. The van der Waals surface area contributed by atoms with Gasteiger partial charge in [-0.2, -0.15) is 0 Å². The molecule has 3 aromatic carbocycles. The van der Waals surface area contributed by atoms with Crippen LogP contribution in [0.2, 0.25) is 0 Å². The van der Waals surface area contributed by atoms with Crippen LogP contribution in [0.25, 0.3) is 44.6 Å². The van der Waals surface area contributed by atoms with E-state index in [4.69, 9.17) is 11.3 Å². The molecule has 7 rings (SSSR count). The Morgan fingerprint density at radius 1 is 0.756 bits per heavy atom. The number of hydrogen-bond donors (Lipinski definition) is 0. The van der Waals surface area contributed by atoms with Crippen LogP contribution >= 0.6 is 0 Å². The molecule has 227 valence electrons. The second-order valence-corrected chi connectivity index (χ2v) is 11.5. The van der Waals surface area contributed by atoms with Crippen molar-refractivity contribution in [3.05, 3.63) is 150 Å². The van der Waals surface area contributed by atoms with Gasteiger partial charge in [0, 0.05) is 50.4 Å². The Balaban J connectivity index is 0.000000315. The molecule has 4 aromatic heterocycles. The van der Waals surface area contributed by atoms with Gasteiger partial charge in [0.25, 0.3) is 0 Å². The van der Waals surface area contributed by atoms with Gasteiger partial charge >= 0.3 is 0 Å². The molecule has 0 saturated heterocycles. The quantitative estimate of drug-likeness (QED) is 0.164. The monoisotopic (exact) mass is 771 g/mol. The summed E-state index contributed by atoms with van der Waals surface area (Å²) >= 11 is 0. The van der Waals surface area contributed by atoms with Gasteiger partial charge in [-0.25, -0.2) is 4.98 Å². The molecule has 0 atom stereocenters. The van der Waals surface area contributed by atoms with E-state index >= 15 is 0 Å². The Morgan fingerprint density at radius 3 is 2.29 bits per heavy atom. The fraction of sp³-hybridized carbons (Fsp3) is 0.175. The van der Waals surface area contributed by atoms with E-state index in [1.807, 2.05) is 106 Å². The largest absolute Gasteiger partial charge is 0.486 e. The van der Waals surface area contributed by atoms with Crippen LogP contribution in [0.5, 0.6) is 0 Å². The average Bonchev–Trinajstić information content (AvgIpc) is 3.47. The molecule has 0 saturated carbocycles. The van der Waals surface area contributed by atoms with Crippen LogP contribution in [0.1, 0.15) is 50.0 Å². The van der Waals surface area contributed by atoms with Gasteiger partial charge in [0.15, 0.2) is 0 Å². The number of nitrogens with zero attached hydrogens (tertiary/aromatic N) is 3. The van der Waals surface area contributed by atoms with Crippen molar-refractivity contribution >= 4 is 22.1 Å². The van der Waals surface area contributed by atoms with Crippen LogP contribution in [-0.4, -0.2) is 15.0 Å². The van der Waals surface area contributed by atoms with E-state index in [0.717, 1.165) is 33.2 Å². The molecule has 0 bridgehead atoms. The summed E-state index contributed by atoms with van der Waals surface area (Å²) in [5, 5.41) is 1.56. The van der Waals surface area contributed by atoms with Gasteiger partial charge in [0.2, 0.25) is 5.71 Å². The molecule has 45 heavy (non-hydrogen) atoms. The molecule has 0 aliphatic heterocycles. The van der Waals surface area contributed by atoms with Crippen LogP contribution in [0, 0.1) is 24.4 Å². The van der Waals surface area contributed by atoms with Gasteiger partial charge in [-0.05, 0) is 77.4 Å². The van der Waals surface area contributed by atoms with Gasteiger partial charge < -0.3 is 14.4 Å². The molecule has 0 aliphatic carbocycles. The number of hydrogen-bond acceptors (Lipinski definition) is 4. The summed E-state index contributed by atoms with van der Waals surface area (Å²) in [5.74, 6) is 0. The number of aromatic nitrogens is 3. The third-order valence-corrected chi connectivity index (χ3v) is 6.91. The first-order valence-electron chi connectivity index (χ1n) is 17.0. The number of furan rings is 1. The number of rotatable bonds is 5. The van der Waals surface area contributed by atoms with Crippen molar-refractivity contribution in [1.82, 2.24) is 15.0 Å². The Kier molecular flexibility index (Phi) is 8.10. The van der Waals surface area contributed by atoms with Crippen LogP contribution in [0.4, 0.5) is 0 Å². The molecule has 5 heteroatoms. The third kappa shape index (κ3) is 7.99. The van der Waals surface area contributed by atoms with Gasteiger partial charge in [-0.15, -0.1) is 54.1 Å². The van der Waals surface area contributed by atoms with Crippen molar-refractivity contribution < 1.29 is 31.4 Å². The molecule has 0 N–H and O–H groups in total. The number of aryl methyl sites for hydroxylation is 1. The number of pyridine rings is 3. The van der Waals surface area contributed by atoms with Gasteiger partial charge in [0.05, 0.1) is 5.58 Å².